The molecule has 3 aromatic rings. The molecule has 0 aromatic carbocycles. The number of aromatic nitrogens is 4. The Hall–Kier alpha value is -2.48. The van der Waals surface area contributed by atoms with Gasteiger partial charge in [0.15, 0.2) is 5.65 Å². The van der Waals surface area contributed by atoms with E-state index in [0.717, 1.165) is 10.4 Å². The third-order valence-electron chi connectivity index (χ3n) is 3.90. The van der Waals surface area contributed by atoms with Crippen LogP contribution in [-0.2, 0) is 11.8 Å². The van der Waals surface area contributed by atoms with Gasteiger partial charge < -0.3 is 10.1 Å². The topological polar surface area (TPSA) is 81.9 Å². The first-order chi connectivity index (χ1) is 12.0. The highest BCUT2D eigenvalue weighted by Gasteiger charge is 2.19. The fourth-order valence-electron chi connectivity index (χ4n) is 2.59. The quantitative estimate of drug-likeness (QED) is 0.681. The van der Waals surface area contributed by atoms with Crippen molar-refractivity contribution in [2.45, 2.75) is 26.7 Å². The Morgan fingerprint density at radius 1 is 1.36 bits per heavy atom. The monoisotopic (exact) mass is 359 g/mol. The Balaban J connectivity index is 1.92. The zero-order valence-corrected chi connectivity index (χ0v) is 15.6. The van der Waals surface area contributed by atoms with E-state index in [9.17, 15) is 4.79 Å². The van der Waals surface area contributed by atoms with Crippen molar-refractivity contribution in [3.8, 4) is 0 Å². The molecule has 0 amide bonds. The zero-order chi connectivity index (χ0) is 18.0. The number of hydrogen-bond donors (Lipinski definition) is 1. The van der Waals surface area contributed by atoms with Crippen LogP contribution in [0.5, 0.6) is 0 Å². The predicted molar refractivity (Wildman–Crippen MR) is 98.2 cm³/mol. The Morgan fingerprint density at radius 2 is 2.16 bits per heavy atom. The van der Waals surface area contributed by atoms with Crippen molar-refractivity contribution in [3.05, 3.63) is 34.0 Å². The van der Waals surface area contributed by atoms with E-state index in [1.165, 1.54) is 4.88 Å². The molecule has 3 rings (SSSR count). The summed E-state index contributed by atoms with van der Waals surface area (Å²) >= 11 is 1.69. The predicted octanol–water partition coefficient (Wildman–Crippen LogP) is 3.13. The molecule has 3 heterocycles. The van der Waals surface area contributed by atoms with Crippen LogP contribution in [0.1, 0.15) is 40.0 Å². The number of hydrogen-bond acceptors (Lipinski definition) is 7. The highest BCUT2D eigenvalue weighted by atomic mass is 32.1. The van der Waals surface area contributed by atoms with E-state index < -0.39 is 0 Å². The first-order valence-corrected chi connectivity index (χ1v) is 8.97. The molecule has 0 saturated heterocycles. The normalized spacial score (nSPS) is 12.3. The first kappa shape index (κ1) is 17.3. The van der Waals surface area contributed by atoms with Crippen molar-refractivity contribution in [3.63, 3.8) is 0 Å². The van der Waals surface area contributed by atoms with E-state index >= 15 is 0 Å². The Kier molecular flexibility index (Phi) is 4.98. The molecule has 25 heavy (non-hydrogen) atoms. The number of nitrogens with one attached hydrogen (secondary N) is 1. The highest BCUT2D eigenvalue weighted by molar-refractivity contribution is 7.11. The van der Waals surface area contributed by atoms with Crippen LogP contribution in [0.15, 0.2) is 18.6 Å². The molecule has 132 valence electrons. The number of esters is 1. The number of carbonyl (C=O) groups excluding carboxylic acids is 1. The molecule has 0 aliphatic heterocycles. The van der Waals surface area contributed by atoms with Gasteiger partial charge in [0.05, 0.1) is 28.9 Å². The highest BCUT2D eigenvalue weighted by Crippen LogP contribution is 2.28. The van der Waals surface area contributed by atoms with Gasteiger partial charge in [-0.3, -0.25) is 4.68 Å². The van der Waals surface area contributed by atoms with E-state index in [4.69, 9.17) is 4.74 Å². The maximum Gasteiger partial charge on any atom is 0.341 e. The van der Waals surface area contributed by atoms with Gasteiger partial charge in [0.25, 0.3) is 0 Å². The molecule has 0 aliphatic rings. The number of aryl methyl sites for hydroxylation is 2. The van der Waals surface area contributed by atoms with Crippen molar-refractivity contribution in [1.29, 1.82) is 0 Å². The second-order valence-electron chi connectivity index (χ2n) is 5.86. The minimum Gasteiger partial charge on any atom is -0.462 e. The molecular weight excluding hydrogens is 338 g/mol. The van der Waals surface area contributed by atoms with E-state index in [1.807, 2.05) is 20.2 Å². The lowest BCUT2D eigenvalue weighted by Crippen LogP contribution is -2.15. The molecule has 0 saturated carbocycles. The summed E-state index contributed by atoms with van der Waals surface area (Å²) in [5.74, 6) is -0.172. The average Bonchev–Trinajstić information content (AvgIpc) is 3.19. The first-order valence-electron chi connectivity index (χ1n) is 8.15. The lowest BCUT2D eigenvalue weighted by molar-refractivity contribution is 0.0527. The van der Waals surface area contributed by atoms with Crippen molar-refractivity contribution in [2.75, 3.05) is 18.5 Å². The molecule has 8 heteroatoms. The molecule has 3 aromatic heterocycles. The lowest BCUT2D eigenvalue weighted by atomic mass is 10.1. The molecule has 1 atom stereocenters. The summed E-state index contributed by atoms with van der Waals surface area (Å²) in [6.45, 7) is 6.90. The van der Waals surface area contributed by atoms with Crippen LogP contribution in [0.2, 0.25) is 0 Å². The molecule has 0 spiro atoms. The number of ether oxygens (including phenoxy) is 1. The fraction of sp³-hybridized carbons (Fsp3) is 0.412. The number of fused-ring (bicyclic) bond motifs is 1. The van der Waals surface area contributed by atoms with Gasteiger partial charge in [0.2, 0.25) is 0 Å². The second kappa shape index (κ2) is 7.18. The maximum absolute atomic E-state index is 12.3. The molecule has 0 radical (unpaired) electrons. The van der Waals surface area contributed by atoms with Crippen molar-refractivity contribution in [2.24, 2.45) is 7.05 Å². The van der Waals surface area contributed by atoms with Gasteiger partial charge in [-0.15, -0.1) is 11.3 Å². The third kappa shape index (κ3) is 3.48. The average molecular weight is 359 g/mol. The maximum atomic E-state index is 12.3. The van der Waals surface area contributed by atoms with Crippen LogP contribution in [0.25, 0.3) is 11.0 Å². The molecule has 7 nitrogen and oxygen atoms in total. The Bertz CT molecular complexity index is 902. The van der Waals surface area contributed by atoms with E-state index in [0.29, 0.717) is 30.0 Å². The summed E-state index contributed by atoms with van der Waals surface area (Å²) in [5.41, 5.74) is 1.84. The minimum absolute atomic E-state index is 0.216. The van der Waals surface area contributed by atoms with Crippen LogP contribution in [0, 0.1) is 6.92 Å². The van der Waals surface area contributed by atoms with Gasteiger partial charge in [-0.2, -0.15) is 5.10 Å². The van der Waals surface area contributed by atoms with Crippen LogP contribution in [0.3, 0.4) is 0 Å². The molecule has 1 unspecified atom stereocenters. The van der Waals surface area contributed by atoms with Crippen LogP contribution >= 0.6 is 11.3 Å². The summed E-state index contributed by atoms with van der Waals surface area (Å²) in [6, 6.07) is 0. The van der Waals surface area contributed by atoms with Crippen molar-refractivity contribution >= 4 is 34.0 Å². The number of rotatable bonds is 6. The Morgan fingerprint density at radius 3 is 2.84 bits per heavy atom. The minimum atomic E-state index is -0.388. The second-order valence-corrected chi connectivity index (χ2v) is 7.13. The Labute approximate surface area is 150 Å². The summed E-state index contributed by atoms with van der Waals surface area (Å²) in [4.78, 5) is 22.3. The van der Waals surface area contributed by atoms with Gasteiger partial charge >= 0.3 is 5.97 Å². The van der Waals surface area contributed by atoms with E-state index in [-0.39, 0.29) is 11.9 Å². The molecular formula is C17H21N5O2S. The van der Waals surface area contributed by atoms with Gasteiger partial charge in [-0.05, 0) is 13.8 Å². The number of carbonyl (C=O) groups is 1. The lowest BCUT2D eigenvalue weighted by Gasteiger charge is -2.15. The van der Waals surface area contributed by atoms with Crippen LogP contribution in [-0.4, -0.2) is 38.9 Å². The molecule has 0 fully saturated rings. The number of anilines is 1. The molecule has 0 bridgehead atoms. The van der Waals surface area contributed by atoms with Crippen LogP contribution < -0.4 is 5.32 Å². The summed E-state index contributed by atoms with van der Waals surface area (Å²) in [5, 5.41) is 9.50. The summed E-state index contributed by atoms with van der Waals surface area (Å²) in [7, 11) is 1.82. The van der Waals surface area contributed by atoms with Gasteiger partial charge in [0, 0.05) is 36.8 Å². The standard InChI is InChI=1S/C17H21N5O2S/c1-5-24-17(23)13-8-19-15-12(9-21-22(15)4)14(13)18-6-10(2)16-20-7-11(3)25-16/h7-10H,5-6H2,1-4H3,(H,18,19). The zero-order valence-electron chi connectivity index (χ0n) is 14.7. The van der Waals surface area contributed by atoms with E-state index in [1.54, 1.807) is 35.3 Å². The van der Waals surface area contributed by atoms with Crippen LogP contribution in [0.4, 0.5) is 5.69 Å². The van der Waals surface area contributed by atoms with E-state index in [2.05, 4.69) is 27.3 Å². The van der Waals surface area contributed by atoms with Crippen molar-refractivity contribution in [1.82, 2.24) is 19.7 Å². The third-order valence-corrected chi connectivity index (χ3v) is 5.05. The number of pyridine rings is 1. The fourth-order valence-corrected chi connectivity index (χ4v) is 3.42. The SMILES string of the molecule is CCOC(=O)c1cnc2c(cnn2C)c1NCC(C)c1ncc(C)s1. The number of nitrogens with zero attached hydrogens (tertiary/aromatic N) is 4. The summed E-state index contributed by atoms with van der Waals surface area (Å²) in [6.07, 6.45) is 5.14. The number of thiazole rings is 1. The van der Waals surface area contributed by atoms with Gasteiger partial charge in [0.1, 0.15) is 5.56 Å². The molecule has 1 N–H and O–H groups in total. The van der Waals surface area contributed by atoms with Gasteiger partial charge in [-0.25, -0.2) is 14.8 Å². The largest absolute Gasteiger partial charge is 0.462 e. The smallest absolute Gasteiger partial charge is 0.341 e. The van der Waals surface area contributed by atoms with Crippen molar-refractivity contribution < 1.29 is 9.53 Å². The molecule has 0 aliphatic carbocycles. The summed E-state index contributed by atoms with van der Waals surface area (Å²) < 4.78 is 6.85. The van der Waals surface area contributed by atoms with Gasteiger partial charge in [-0.1, -0.05) is 6.92 Å².